The molecule has 1 aromatic carbocycles. The number of carbonyl (C=O) groups is 1. The SMILES string of the molecule is C[C@@H]([C@@H](O)c1ccccc1)N(C)C(=O)[C@@H](N)CCCC1OCCO1. The summed E-state index contributed by atoms with van der Waals surface area (Å²) in [7, 11) is 1.68. The molecule has 1 saturated heterocycles. The fourth-order valence-corrected chi connectivity index (χ4v) is 2.80. The lowest BCUT2D eigenvalue weighted by Crippen LogP contribution is -2.47. The Bertz CT molecular complexity index is 505. The average Bonchev–Trinajstić information content (AvgIpc) is 3.13. The molecular weight excluding hydrogens is 308 g/mol. The fraction of sp³-hybridized carbons (Fsp3) is 0.611. The summed E-state index contributed by atoms with van der Waals surface area (Å²) in [5.74, 6) is -0.161. The number of benzene rings is 1. The van der Waals surface area contributed by atoms with Crippen LogP contribution in [-0.4, -0.2) is 54.5 Å². The van der Waals surface area contributed by atoms with Gasteiger partial charge in [0.25, 0.3) is 0 Å². The van der Waals surface area contributed by atoms with Crippen LogP contribution in [0.3, 0.4) is 0 Å². The first-order valence-electron chi connectivity index (χ1n) is 8.49. The number of aliphatic hydroxyl groups is 1. The van der Waals surface area contributed by atoms with E-state index in [1.54, 1.807) is 7.05 Å². The number of nitrogens with zero attached hydrogens (tertiary/aromatic N) is 1. The van der Waals surface area contributed by atoms with Gasteiger partial charge in [-0.25, -0.2) is 0 Å². The predicted molar refractivity (Wildman–Crippen MR) is 91.2 cm³/mol. The van der Waals surface area contributed by atoms with E-state index in [4.69, 9.17) is 15.2 Å². The molecule has 0 radical (unpaired) electrons. The Morgan fingerprint density at radius 2 is 1.96 bits per heavy atom. The summed E-state index contributed by atoms with van der Waals surface area (Å²) in [6, 6.07) is 8.39. The minimum atomic E-state index is -0.743. The van der Waals surface area contributed by atoms with Gasteiger partial charge in [-0.05, 0) is 31.7 Å². The largest absolute Gasteiger partial charge is 0.386 e. The van der Waals surface area contributed by atoms with Gasteiger partial charge in [-0.2, -0.15) is 0 Å². The second-order valence-corrected chi connectivity index (χ2v) is 6.25. The highest BCUT2D eigenvalue weighted by molar-refractivity contribution is 5.81. The zero-order valence-corrected chi connectivity index (χ0v) is 14.4. The van der Waals surface area contributed by atoms with E-state index in [0.717, 1.165) is 18.4 Å². The molecule has 0 aliphatic carbocycles. The van der Waals surface area contributed by atoms with E-state index in [1.807, 2.05) is 37.3 Å². The van der Waals surface area contributed by atoms with Crippen LogP contribution >= 0.6 is 0 Å². The Labute approximate surface area is 143 Å². The van der Waals surface area contributed by atoms with Crippen LogP contribution in [0, 0.1) is 0 Å². The van der Waals surface area contributed by atoms with E-state index in [9.17, 15) is 9.90 Å². The molecule has 0 bridgehead atoms. The maximum Gasteiger partial charge on any atom is 0.239 e. The number of hydrogen-bond acceptors (Lipinski definition) is 5. The normalized spacial score (nSPS) is 19.0. The van der Waals surface area contributed by atoms with Crippen molar-refractivity contribution in [3.63, 3.8) is 0 Å². The van der Waals surface area contributed by atoms with Gasteiger partial charge in [0.15, 0.2) is 6.29 Å². The monoisotopic (exact) mass is 336 g/mol. The smallest absolute Gasteiger partial charge is 0.239 e. The first-order valence-corrected chi connectivity index (χ1v) is 8.49. The van der Waals surface area contributed by atoms with Gasteiger partial charge in [0.2, 0.25) is 5.91 Å². The Kier molecular flexibility index (Phi) is 7.17. The predicted octanol–water partition coefficient (Wildman–Crippen LogP) is 1.44. The first kappa shape index (κ1) is 18.9. The molecule has 1 aliphatic rings. The summed E-state index contributed by atoms with van der Waals surface area (Å²) >= 11 is 0. The molecule has 2 rings (SSSR count). The lowest BCUT2D eigenvalue weighted by Gasteiger charge is -2.31. The summed E-state index contributed by atoms with van der Waals surface area (Å²) in [5, 5.41) is 10.4. The second-order valence-electron chi connectivity index (χ2n) is 6.25. The third kappa shape index (κ3) is 5.01. The van der Waals surface area contributed by atoms with Crippen LogP contribution < -0.4 is 5.73 Å². The highest BCUT2D eigenvalue weighted by Gasteiger charge is 2.27. The van der Waals surface area contributed by atoms with Gasteiger partial charge >= 0.3 is 0 Å². The molecule has 6 heteroatoms. The summed E-state index contributed by atoms with van der Waals surface area (Å²) in [5.41, 5.74) is 6.81. The molecule has 0 spiro atoms. The topological polar surface area (TPSA) is 85.0 Å². The van der Waals surface area contributed by atoms with Gasteiger partial charge in [0, 0.05) is 7.05 Å². The van der Waals surface area contributed by atoms with Crippen LogP contribution in [0.25, 0.3) is 0 Å². The number of amides is 1. The molecule has 0 saturated carbocycles. The molecule has 1 aliphatic heterocycles. The van der Waals surface area contributed by atoms with Crippen molar-refractivity contribution in [1.82, 2.24) is 4.90 Å². The number of carbonyl (C=O) groups excluding carboxylic acids is 1. The van der Waals surface area contributed by atoms with Crippen LogP contribution in [0.4, 0.5) is 0 Å². The Balaban J connectivity index is 1.80. The summed E-state index contributed by atoms with van der Waals surface area (Å²) < 4.78 is 10.7. The number of nitrogens with two attached hydrogens (primary N) is 1. The number of rotatable bonds is 8. The second kappa shape index (κ2) is 9.13. The highest BCUT2D eigenvalue weighted by atomic mass is 16.7. The van der Waals surface area contributed by atoms with Crippen LogP contribution in [0.15, 0.2) is 30.3 Å². The molecule has 1 fully saturated rings. The van der Waals surface area contributed by atoms with Crippen molar-refractivity contribution >= 4 is 5.91 Å². The number of aliphatic hydroxyl groups excluding tert-OH is 1. The summed E-state index contributed by atoms with van der Waals surface area (Å²) in [6.45, 7) is 3.09. The molecule has 3 atom stereocenters. The lowest BCUT2D eigenvalue weighted by atomic mass is 10.0. The number of likely N-dealkylation sites (N-methyl/N-ethyl adjacent to an activating group) is 1. The van der Waals surface area contributed by atoms with Crippen LogP contribution in [0.2, 0.25) is 0 Å². The van der Waals surface area contributed by atoms with E-state index >= 15 is 0 Å². The zero-order valence-electron chi connectivity index (χ0n) is 14.4. The van der Waals surface area contributed by atoms with Gasteiger partial charge in [-0.15, -0.1) is 0 Å². The van der Waals surface area contributed by atoms with Crippen molar-refractivity contribution in [2.24, 2.45) is 5.73 Å². The standard InChI is InChI=1S/C18H28N2O4/c1-13(17(21)14-7-4-3-5-8-14)20(2)18(22)15(19)9-6-10-16-23-11-12-24-16/h3-5,7-8,13,15-17,21H,6,9-12,19H2,1-2H3/t13-,15-,17+/m0/s1. The van der Waals surface area contributed by atoms with Crippen molar-refractivity contribution in [1.29, 1.82) is 0 Å². The molecule has 0 aromatic heterocycles. The van der Waals surface area contributed by atoms with Gasteiger partial charge < -0.3 is 25.2 Å². The Morgan fingerprint density at radius 1 is 1.33 bits per heavy atom. The quantitative estimate of drug-likeness (QED) is 0.750. The van der Waals surface area contributed by atoms with Crippen molar-refractivity contribution in [2.75, 3.05) is 20.3 Å². The van der Waals surface area contributed by atoms with Crippen molar-refractivity contribution in [2.45, 2.75) is 50.7 Å². The molecule has 24 heavy (non-hydrogen) atoms. The minimum Gasteiger partial charge on any atom is -0.386 e. The third-order valence-electron chi connectivity index (χ3n) is 4.52. The molecule has 3 N–H and O–H groups in total. The van der Waals surface area contributed by atoms with E-state index < -0.39 is 12.1 Å². The lowest BCUT2D eigenvalue weighted by molar-refractivity contribution is -0.135. The van der Waals surface area contributed by atoms with Crippen LogP contribution in [0.5, 0.6) is 0 Å². The molecule has 1 aromatic rings. The number of hydrogen-bond donors (Lipinski definition) is 2. The molecule has 1 heterocycles. The fourth-order valence-electron chi connectivity index (χ4n) is 2.80. The number of ether oxygens (including phenoxy) is 2. The summed E-state index contributed by atoms with van der Waals surface area (Å²) in [6.07, 6.45) is 1.17. The van der Waals surface area contributed by atoms with Gasteiger partial charge in [0.1, 0.15) is 0 Å². The van der Waals surface area contributed by atoms with Crippen LogP contribution in [-0.2, 0) is 14.3 Å². The minimum absolute atomic E-state index is 0.161. The Morgan fingerprint density at radius 3 is 2.58 bits per heavy atom. The van der Waals surface area contributed by atoms with Crippen molar-refractivity contribution < 1.29 is 19.4 Å². The Hall–Kier alpha value is -1.47. The van der Waals surface area contributed by atoms with Crippen molar-refractivity contribution in [3.8, 4) is 0 Å². The average molecular weight is 336 g/mol. The van der Waals surface area contributed by atoms with Crippen LogP contribution in [0.1, 0.15) is 37.9 Å². The zero-order chi connectivity index (χ0) is 17.5. The summed E-state index contributed by atoms with van der Waals surface area (Å²) in [4.78, 5) is 14.0. The van der Waals surface area contributed by atoms with E-state index in [2.05, 4.69) is 0 Å². The first-order chi connectivity index (χ1) is 11.5. The molecule has 1 amide bonds. The van der Waals surface area contributed by atoms with Crippen molar-refractivity contribution in [3.05, 3.63) is 35.9 Å². The third-order valence-corrected chi connectivity index (χ3v) is 4.52. The van der Waals surface area contributed by atoms with E-state index in [-0.39, 0.29) is 18.2 Å². The van der Waals surface area contributed by atoms with Gasteiger partial charge in [-0.3, -0.25) is 4.79 Å². The van der Waals surface area contributed by atoms with E-state index in [0.29, 0.717) is 19.6 Å². The van der Waals surface area contributed by atoms with Gasteiger partial charge in [-0.1, -0.05) is 30.3 Å². The highest BCUT2D eigenvalue weighted by Crippen LogP contribution is 2.21. The maximum absolute atomic E-state index is 12.5. The molecule has 6 nitrogen and oxygen atoms in total. The molecule has 134 valence electrons. The van der Waals surface area contributed by atoms with E-state index in [1.165, 1.54) is 4.90 Å². The maximum atomic E-state index is 12.5. The van der Waals surface area contributed by atoms with Gasteiger partial charge in [0.05, 0.1) is 31.4 Å². The molecule has 0 unspecified atom stereocenters. The molecular formula is C18H28N2O4.